The summed E-state index contributed by atoms with van der Waals surface area (Å²) in [5.41, 5.74) is 1.86. The number of hydrogen-bond acceptors (Lipinski definition) is 4. The number of rotatable bonds is 4. The molecule has 0 aromatic carbocycles. The quantitative estimate of drug-likeness (QED) is 0.658. The summed E-state index contributed by atoms with van der Waals surface area (Å²) >= 11 is 1.40. The Morgan fingerprint density at radius 3 is 2.77 bits per heavy atom. The predicted octanol–water partition coefficient (Wildman–Crippen LogP) is 2.19. The van der Waals surface area contributed by atoms with Gasteiger partial charge in [-0.3, -0.25) is 4.79 Å². The van der Waals surface area contributed by atoms with Gasteiger partial charge in [0.1, 0.15) is 5.03 Å². The number of carbonyl (C=O) groups is 1. The normalized spacial score (nSPS) is 18.7. The molecule has 6 heteroatoms. The van der Waals surface area contributed by atoms with Crippen molar-refractivity contribution in [1.29, 1.82) is 0 Å². The highest BCUT2D eigenvalue weighted by molar-refractivity contribution is 7.99. The maximum absolute atomic E-state index is 12.1. The zero-order valence-electron chi connectivity index (χ0n) is 12.8. The van der Waals surface area contributed by atoms with Gasteiger partial charge in [0.2, 0.25) is 5.91 Å². The molecule has 1 heterocycles. The van der Waals surface area contributed by atoms with Crippen molar-refractivity contribution in [2.75, 3.05) is 5.75 Å². The van der Waals surface area contributed by atoms with E-state index in [1.54, 1.807) is 0 Å². The van der Waals surface area contributed by atoms with Crippen LogP contribution in [0.25, 0.3) is 0 Å². The molecule has 120 valence electrons. The van der Waals surface area contributed by atoms with Crippen LogP contribution >= 0.6 is 11.8 Å². The van der Waals surface area contributed by atoms with Gasteiger partial charge in [-0.05, 0) is 38.5 Å². The van der Waals surface area contributed by atoms with Crippen molar-refractivity contribution in [3.05, 3.63) is 21.7 Å². The Bertz CT molecular complexity index is 594. The molecule has 1 amide bonds. The van der Waals surface area contributed by atoms with E-state index in [2.05, 4.69) is 15.3 Å². The van der Waals surface area contributed by atoms with E-state index in [1.807, 2.05) is 0 Å². The molecule has 0 saturated heterocycles. The van der Waals surface area contributed by atoms with Crippen molar-refractivity contribution < 1.29 is 4.79 Å². The summed E-state index contributed by atoms with van der Waals surface area (Å²) in [4.78, 5) is 30.7. The molecule has 22 heavy (non-hydrogen) atoms. The summed E-state index contributed by atoms with van der Waals surface area (Å²) in [6.07, 6.45) is 9.99. The predicted molar refractivity (Wildman–Crippen MR) is 87.2 cm³/mol. The molecule has 5 nitrogen and oxygen atoms in total. The number of H-pyrrole nitrogens is 1. The lowest BCUT2D eigenvalue weighted by Gasteiger charge is -2.22. The van der Waals surface area contributed by atoms with Crippen LogP contribution in [0.15, 0.2) is 9.82 Å². The molecule has 1 saturated carbocycles. The van der Waals surface area contributed by atoms with Crippen LogP contribution in [-0.2, 0) is 17.6 Å². The molecule has 2 aliphatic rings. The summed E-state index contributed by atoms with van der Waals surface area (Å²) in [6.45, 7) is 0. The molecule has 0 unspecified atom stereocenters. The van der Waals surface area contributed by atoms with Gasteiger partial charge in [-0.15, -0.1) is 0 Å². The maximum atomic E-state index is 12.1. The van der Waals surface area contributed by atoms with E-state index in [4.69, 9.17) is 0 Å². The first-order chi connectivity index (χ1) is 10.7. The fraction of sp³-hybridized carbons (Fsp3) is 0.688. The average Bonchev–Trinajstić information content (AvgIpc) is 2.53. The highest BCUT2D eigenvalue weighted by atomic mass is 32.2. The minimum Gasteiger partial charge on any atom is -0.353 e. The first-order valence-electron chi connectivity index (χ1n) is 8.26. The summed E-state index contributed by atoms with van der Waals surface area (Å²) in [5.74, 6) is 0.405. The number of nitrogens with zero attached hydrogens (tertiary/aromatic N) is 1. The molecule has 1 aromatic heterocycles. The van der Waals surface area contributed by atoms with E-state index < -0.39 is 0 Å². The first-order valence-corrected chi connectivity index (χ1v) is 9.25. The van der Waals surface area contributed by atoms with Gasteiger partial charge in [-0.25, -0.2) is 4.79 Å². The highest BCUT2D eigenvalue weighted by Crippen LogP contribution is 2.27. The third-order valence-corrected chi connectivity index (χ3v) is 5.51. The van der Waals surface area contributed by atoms with Gasteiger partial charge in [0.15, 0.2) is 0 Å². The Kier molecular flexibility index (Phi) is 5.18. The highest BCUT2D eigenvalue weighted by Gasteiger charge is 2.19. The molecular weight excluding hydrogens is 298 g/mol. The van der Waals surface area contributed by atoms with E-state index in [0.717, 1.165) is 54.8 Å². The van der Waals surface area contributed by atoms with E-state index in [1.165, 1.54) is 31.0 Å². The lowest BCUT2D eigenvalue weighted by atomic mass is 9.95. The SMILES string of the molecule is O=C(CSc1nc(=O)[nH]c2c1CCCC2)NC1CCCCC1. The van der Waals surface area contributed by atoms with Crippen molar-refractivity contribution in [1.82, 2.24) is 15.3 Å². The van der Waals surface area contributed by atoms with E-state index >= 15 is 0 Å². The van der Waals surface area contributed by atoms with Crippen LogP contribution in [0.5, 0.6) is 0 Å². The van der Waals surface area contributed by atoms with Crippen LogP contribution in [0.1, 0.15) is 56.2 Å². The van der Waals surface area contributed by atoms with Crippen LogP contribution in [0, 0.1) is 0 Å². The topological polar surface area (TPSA) is 74.8 Å². The Hall–Kier alpha value is -1.30. The monoisotopic (exact) mass is 321 g/mol. The standard InChI is InChI=1S/C16H23N3O2S/c20-14(17-11-6-2-1-3-7-11)10-22-15-12-8-4-5-9-13(12)18-16(21)19-15/h11H,1-10H2,(H,17,20)(H,18,19,21). The Morgan fingerprint density at radius 2 is 1.95 bits per heavy atom. The smallest absolute Gasteiger partial charge is 0.346 e. The van der Waals surface area contributed by atoms with Gasteiger partial charge >= 0.3 is 5.69 Å². The minimum absolute atomic E-state index is 0.0588. The Morgan fingerprint density at radius 1 is 1.18 bits per heavy atom. The summed E-state index contributed by atoms with van der Waals surface area (Å²) in [7, 11) is 0. The molecule has 0 spiro atoms. The van der Waals surface area contributed by atoms with Crippen molar-refractivity contribution in [3.63, 3.8) is 0 Å². The van der Waals surface area contributed by atoms with Crippen LogP contribution in [0.4, 0.5) is 0 Å². The van der Waals surface area contributed by atoms with Gasteiger partial charge in [0.05, 0.1) is 5.75 Å². The number of aromatic nitrogens is 2. The molecule has 0 aliphatic heterocycles. The molecule has 2 N–H and O–H groups in total. The van der Waals surface area contributed by atoms with Gasteiger partial charge in [0, 0.05) is 17.3 Å². The third kappa shape index (κ3) is 3.91. The fourth-order valence-electron chi connectivity index (χ4n) is 3.37. The molecule has 0 radical (unpaired) electrons. The van der Waals surface area contributed by atoms with Gasteiger partial charge in [-0.1, -0.05) is 31.0 Å². The molecule has 0 atom stereocenters. The lowest BCUT2D eigenvalue weighted by molar-refractivity contribution is -0.119. The second-order valence-electron chi connectivity index (χ2n) is 6.20. The lowest BCUT2D eigenvalue weighted by Crippen LogP contribution is -2.37. The first kappa shape index (κ1) is 15.6. The number of carbonyl (C=O) groups excluding carboxylic acids is 1. The van der Waals surface area contributed by atoms with Crippen molar-refractivity contribution in [2.24, 2.45) is 0 Å². The number of aryl methyl sites for hydroxylation is 1. The molecule has 3 rings (SSSR count). The van der Waals surface area contributed by atoms with Gasteiger partial charge in [-0.2, -0.15) is 4.98 Å². The average molecular weight is 321 g/mol. The van der Waals surface area contributed by atoms with Gasteiger partial charge < -0.3 is 10.3 Å². The number of fused-ring (bicyclic) bond motifs is 1. The van der Waals surface area contributed by atoms with Crippen LogP contribution in [0.3, 0.4) is 0 Å². The summed E-state index contributed by atoms with van der Waals surface area (Å²) in [5, 5.41) is 3.86. The minimum atomic E-state index is -0.296. The maximum Gasteiger partial charge on any atom is 0.346 e. The van der Waals surface area contributed by atoms with Crippen molar-refractivity contribution >= 4 is 17.7 Å². The van der Waals surface area contributed by atoms with E-state index in [9.17, 15) is 9.59 Å². The number of amides is 1. The molecule has 2 aliphatic carbocycles. The molecule has 1 fully saturated rings. The second-order valence-corrected chi connectivity index (χ2v) is 7.17. The van der Waals surface area contributed by atoms with E-state index in [0.29, 0.717) is 11.8 Å². The number of aromatic amines is 1. The second kappa shape index (κ2) is 7.31. The van der Waals surface area contributed by atoms with Gasteiger partial charge in [0.25, 0.3) is 0 Å². The molecular formula is C16H23N3O2S. The van der Waals surface area contributed by atoms with Crippen LogP contribution in [0.2, 0.25) is 0 Å². The number of thioether (sulfide) groups is 1. The number of nitrogens with one attached hydrogen (secondary N) is 2. The third-order valence-electron chi connectivity index (χ3n) is 4.50. The molecule has 0 bridgehead atoms. The Labute approximate surface area is 134 Å². The van der Waals surface area contributed by atoms with Crippen LogP contribution in [-0.4, -0.2) is 27.7 Å². The van der Waals surface area contributed by atoms with E-state index in [-0.39, 0.29) is 11.6 Å². The van der Waals surface area contributed by atoms with Crippen LogP contribution < -0.4 is 11.0 Å². The fourth-order valence-corrected chi connectivity index (χ4v) is 4.26. The summed E-state index contributed by atoms with van der Waals surface area (Å²) in [6, 6.07) is 0.336. The zero-order valence-corrected chi connectivity index (χ0v) is 13.6. The zero-order chi connectivity index (χ0) is 15.4. The molecule has 1 aromatic rings. The number of hydrogen-bond donors (Lipinski definition) is 2. The summed E-state index contributed by atoms with van der Waals surface area (Å²) < 4.78 is 0. The van der Waals surface area contributed by atoms with Crippen molar-refractivity contribution in [2.45, 2.75) is 68.9 Å². The largest absolute Gasteiger partial charge is 0.353 e. The Balaban J connectivity index is 1.60. The van der Waals surface area contributed by atoms with Crippen molar-refractivity contribution in [3.8, 4) is 0 Å².